The van der Waals surface area contributed by atoms with Crippen molar-refractivity contribution in [3.8, 4) is 0 Å². The van der Waals surface area contributed by atoms with Crippen molar-refractivity contribution >= 4 is 47.5 Å². The quantitative estimate of drug-likeness (QED) is 0.775. The molecular formula is C17H20Cl3N3O2. The Morgan fingerprint density at radius 1 is 1.44 bits per heavy atom. The smallest absolute Gasteiger partial charge is 0.338 e. The zero-order valence-electron chi connectivity index (χ0n) is 14.0. The number of halogens is 3. The molecule has 0 aromatic heterocycles. The lowest BCUT2D eigenvalue weighted by molar-refractivity contribution is -0.139. The third-order valence-electron chi connectivity index (χ3n) is 4.15. The summed E-state index contributed by atoms with van der Waals surface area (Å²) in [6.45, 7) is 5.49. The van der Waals surface area contributed by atoms with Crippen LogP contribution in [0.1, 0.15) is 31.9 Å². The number of allylic oxidation sites excluding steroid dienone is 1. The van der Waals surface area contributed by atoms with Gasteiger partial charge in [-0.3, -0.25) is 4.99 Å². The summed E-state index contributed by atoms with van der Waals surface area (Å²) in [5, 5.41) is 4.13. The van der Waals surface area contributed by atoms with Crippen molar-refractivity contribution in [2.24, 2.45) is 4.99 Å². The Morgan fingerprint density at radius 3 is 2.92 bits per heavy atom. The fourth-order valence-electron chi connectivity index (χ4n) is 3.11. The molecule has 2 aliphatic heterocycles. The lowest BCUT2D eigenvalue weighted by atomic mass is 9.93. The molecule has 2 heterocycles. The van der Waals surface area contributed by atoms with Gasteiger partial charge in [-0.2, -0.15) is 0 Å². The number of nitrogens with zero attached hydrogens (tertiary/aromatic N) is 2. The molecule has 0 radical (unpaired) electrons. The fraction of sp³-hybridized carbons (Fsp3) is 0.412. The van der Waals surface area contributed by atoms with Gasteiger partial charge in [0.1, 0.15) is 0 Å². The van der Waals surface area contributed by atoms with Crippen molar-refractivity contribution in [3.63, 3.8) is 0 Å². The van der Waals surface area contributed by atoms with E-state index in [9.17, 15) is 4.79 Å². The molecule has 136 valence electrons. The molecule has 8 heteroatoms. The number of fused-ring (bicyclic) bond motifs is 1. The van der Waals surface area contributed by atoms with E-state index in [2.05, 4.69) is 15.2 Å². The van der Waals surface area contributed by atoms with Crippen LogP contribution in [0.5, 0.6) is 0 Å². The molecule has 0 saturated carbocycles. The van der Waals surface area contributed by atoms with E-state index < -0.39 is 0 Å². The summed E-state index contributed by atoms with van der Waals surface area (Å²) in [5.74, 6) is 0.404. The van der Waals surface area contributed by atoms with Gasteiger partial charge < -0.3 is 15.0 Å². The van der Waals surface area contributed by atoms with E-state index in [0.717, 1.165) is 36.7 Å². The maximum Gasteiger partial charge on any atom is 0.338 e. The molecule has 0 spiro atoms. The number of guanidine groups is 1. The highest BCUT2D eigenvalue weighted by molar-refractivity contribution is 6.42. The van der Waals surface area contributed by atoms with Gasteiger partial charge in [-0.15, -0.1) is 12.4 Å². The van der Waals surface area contributed by atoms with Crippen molar-refractivity contribution in [2.75, 3.05) is 19.7 Å². The Labute approximate surface area is 163 Å². The first-order chi connectivity index (χ1) is 11.5. The van der Waals surface area contributed by atoms with Gasteiger partial charge in [-0.05, 0) is 31.9 Å². The molecule has 0 fully saturated rings. The maximum atomic E-state index is 12.6. The van der Waals surface area contributed by atoms with Crippen LogP contribution in [0.15, 0.2) is 34.5 Å². The number of nitrogens with one attached hydrogen (secondary N) is 1. The van der Waals surface area contributed by atoms with Crippen LogP contribution in [0.4, 0.5) is 0 Å². The Morgan fingerprint density at radius 2 is 2.20 bits per heavy atom. The first kappa shape index (κ1) is 19.9. The molecule has 3 rings (SSSR count). The predicted molar refractivity (Wildman–Crippen MR) is 103 cm³/mol. The maximum absolute atomic E-state index is 12.6. The predicted octanol–water partition coefficient (Wildman–Crippen LogP) is 3.96. The first-order valence-corrected chi connectivity index (χ1v) is 8.70. The standard InChI is InChI=1S/C17H19Cl2N3O2.ClH/c1-3-24-16(23)13-10(2)21-17-20-8-5-9-22(17)15(13)11-6-4-7-12(18)14(11)19;/h4,6-7,15H,3,5,8-9H2,1-2H3,(H,20,21);1H. The summed E-state index contributed by atoms with van der Waals surface area (Å²) in [7, 11) is 0. The number of carbonyl (C=O) groups is 1. The molecule has 0 saturated heterocycles. The van der Waals surface area contributed by atoms with Crippen molar-refractivity contribution in [3.05, 3.63) is 45.1 Å². The molecule has 1 unspecified atom stereocenters. The number of ether oxygens (including phenoxy) is 1. The summed E-state index contributed by atoms with van der Waals surface area (Å²) in [4.78, 5) is 19.2. The second-order valence-electron chi connectivity index (χ2n) is 5.68. The molecule has 1 N–H and O–H groups in total. The molecule has 0 amide bonds. The fourth-order valence-corrected chi connectivity index (χ4v) is 3.52. The lowest BCUT2D eigenvalue weighted by Crippen LogP contribution is -2.51. The van der Waals surface area contributed by atoms with Crippen molar-refractivity contribution in [1.82, 2.24) is 10.2 Å². The number of carbonyl (C=O) groups excluding carboxylic acids is 1. The molecule has 2 aliphatic rings. The summed E-state index contributed by atoms with van der Waals surface area (Å²) < 4.78 is 5.27. The van der Waals surface area contributed by atoms with E-state index in [1.54, 1.807) is 13.0 Å². The number of esters is 1. The molecule has 0 aliphatic carbocycles. The Balaban J connectivity index is 0.00000225. The topological polar surface area (TPSA) is 53.9 Å². The zero-order chi connectivity index (χ0) is 17.3. The van der Waals surface area contributed by atoms with Crippen molar-refractivity contribution in [2.45, 2.75) is 26.3 Å². The van der Waals surface area contributed by atoms with Gasteiger partial charge in [0.15, 0.2) is 5.96 Å². The van der Waals surface area contributed by atoms with E-state index >= 15 is 0 Å². The normalized spacial score (nSPS) is 19.4. The molecule has 5 nitrogen and oxygen atoms in total. The molecule has 1 atom stereocenters. The van der Waals surface area contributed by atoms with Gasteiger partial charge in [0.2, 0.25) is 0 Å². The van der Waals surface area contributed by atoms with Gasteiger partial charge in [0, 0.05) is 18.8 Å². The number of benzene rings is 1. The monoisotopic (exact) mass is 403 g/mol. The molecule has 1 aromatic rings. The van der Waals surface area contributed by atoms with E-state index in [1.807, 2.05) is 19.1 Å². The Hall–Kier alpha value is -1.43. The van der Waals surface area contributed by atoms with E-state index in [1.165, 1.54) is 0 Å². The SMILES string of the molecule is CCOC(=O)C1=C(C)NC2=NCCCN2C1c1cccc(Cl)c1Cl.Cl. The molecule has 25 heavy (non-hydrogen) atoms. The van der Waals surface area contributed by atoms with Gasteiger partial charge in [0.05, 0.1) is 28.3 Å². The van der Waals surface area contributed by atoms with Crippen molar-refractivity contribution < 1.29 is 9.53 Å². The van der Waals surface area contributed by atoms with Gasteiger partial charge in [0.25, 0.3) is 0 Å². The second kappa shape index (κ2) is 8.30. The highest BCUT2D eigenvalue weighted by Crippen LogP contribution is 2.40. The largest absolute Gasteiger partial charge is 0.463 e. The minimum absolute atomic E-state index is 0. The first-order valence-electron chi connectivity index (χ1n) is 7.94. The van der Waals surface area contributed by atoms with Gasteiger partial charge in [-0.25, -0.2) is 4.79 Å². The summed E-state index contributed by atoms with van der Waals surface area (Å²) in [6, 6.07) is 5.10. The van der Waals surface area contributed by atoms with Crippen LogP contribution in [0, 0.1) is 0 Å². The van der Waals surface area contributed by atoms with Crippen molar-refractivity contribution in [1.29, 1.82) is 0 Å². The van der Waals surface area contributed by atoms with Gasteiger partial charge in [-0.1, -0.05) is 35.3 Å². The average Bonchev–Trinajstić information content (AvgIpc) is 2.56. The third kappa shape index (κ3) is 3.73. The third-order valence-corrected chi connectivity index (χ3v) is 4.98. The van der Waals surface area contributed by atoms with E-state index in [4.69, 9.17) is 27.9 Å². The van der Waals surface area contributed by atoms with Crippen LogP contribution in [0.25, 0.3) is 0 Å². The van der Waals surface area contributed by atoms with Crippen LogP contribution >= 0.6 is 35.6 Å². The van der Waals surface area contributed by atoms with Crippen LogP contribution in [-0.2, 0) is 9.53 Å². The van der Waals surface area contributed by atoms with Crippen LogP contribution < -0.4 is 5.32 Å². The van der Waals surface area contributed by atoms with Crippen LogP contribution in [-0.4, -0.2) is 36.5 Å². The number of aliphatic imine (C=N–C) groups is 1. The molecule has 0 bridgehead atoms. The summed E-state index contributed by atoms with van der Waals surface area (Å²) in [5.41, 5.74) is 2.05. The van der Waals surface area contributed by atoms with E-state index in [-0.39, 0.29) is 24.4 Å². The minimum atomic E-state index is -0.365. The number of hydrogen-bond donors (Lipinski definition) is 1. The van der Waals surface area contributed by atoms with Crippen LogP contribution in [0.2, 0.25) is 10.0 Å². The van der Waals surface area contributed by atoms with E-state index in [0.29, 0.717) is 22.2 Å². The number of rotatable bonds is 3. The van der Waals surface area contributed by atoms with Crippen LogP contribution in [0.3, 0.4) is 0 Å². The molecule has 1 aromatic carbocycles. The lowest BCUT2D eigenvalue weighted by Gasteiger charge is -2.42. The summed E-state index contributed by atoms with van der Waals surface area (Å²) >= 11 is 12.7. The zero-order valence-corrected chi connectivity index (χ0v) is 16.3. The molecular weight excluding hydrogens is 385 g/mol. The average molecular weight is 405 g/mol. The summed E-state index contributed by atoms with van der Waals surface area (Å²) in [6.07, 6.45) is 0.912. The highest BCUT2D eigenvalue weighted by Gasteiger charge is 2.39. The Bertz CT molecular complexity index is 734. The van der Waals surface area contributed by atoms with Gasteiger partial charge >= 0.3 is 5.97 Å². The Kier molecular flexibility index (Phi) is 6.60. The minimum Gasteiger partial charge on any atom is -0.463 e. The second-order valence-corrected chi connectivity index (χ2v) is 6.47. The number of hydrogen-bond acceptors (Lipinski definition) is 5. The highest BCUT2D eigenvalue weighted by atomic mass is 35.5.